The zero-order valence-electron chi connectivity index (χ0n) is 7.97. The van der Waals surface area contributed by atoms with E-state index >= 15 is 0 Å². The number of allylic oxidation sites excluding steroid dienone is 1. The SMILES string of the molecule is C/C=C\C1=C(C)C(C)(C)OC1=O. The highest BCUT2D eigenvalue weighted by molar-refractivity contribution is 5.95. The molecule has 1 heterocycles. The molecule has 0 aromatic heterocycles. The molecule has 0 saturated heterocycles. The Morgan fingerprint density at radius 2 is 2.00 bits per heavy atom. The molecule has 0 atom stereocenters. The molecule has 1 aliphatic heterocycles. The molecule has 0 unspecified atom stereocenters. The van der Waals surface area contributed by atoms with Crippen LogP contribution in [0.1, 0.15) is 27.7 Å². The molecule has 0 spiro atoms. The van der Waals surface area contributed by atoms with Gasteiger partial charge in [-0.15, -0.1) is 0 Å². The molecule has 0 amide bonds. The van der Waals surface area contributed by atoms with Crippen LogP contribution in [0, 0.1) is 0 Å². The second-order valence-electron chi connectivity index (χ2n) is 3.44. The van der Waals surface area contributed by atoms with Gasteiger partial charge in [0.25, 0.3) is 0 Å². The molecule has 0 saturated carbocycles. The topological polar surface area (TPSA) is 26.3 Å². The fourth-order valence-corrected chi connectivity index (χ4v) is 1.20. The van der Waals surface area contributed by atoms with E-state index in [1.165, 1.54) is 0 Å². The summed E-state index contributed by atoms with van der Waals surface area (Å²) >= 11 is 0. The number of hydrogen-bond donors (Lipinski definition) is 0. The fraction of sp³-hybridized carbons (Fsp3) is 0.500. The molecule has 0 aromatic rings. The van der Waals surface area contributed by atoms with Crippen molar-refractivity contribution in [3.63, 3.8) is 0 Å². The summed E-state index contributed by atoms with van der Waals surface area (Å²) in [7, 11) is 0. The lowest BCUT2D eigenvalue weighted by Crippen LogP contribution is -2.21. The Morgan fingerprint density at radius 3 is 2.33 bits per heavy atom. The van der Waals surface area contributed by atoms with Crippen LogP contribution < -0.4 is 0 Å². The van der Waals surface area contributed by atoms with Crippen molar-refractivity contribution in [2.45, 2.75) is 33.3 Å². The van der Waals surface area contributed by atoms with Gasteiger partial charge in [-0.25, -0.2) is 4.79 Å². The average molecular weight is 166 g/mol. The maximum absolute atomic E-state index is 11.3. The van der Waals surface area contributed by atoms with Crippen molar-refractivity contribution in [2.75, 3.05) is 0 Å². The van der Waals surface area contributed by atoms with Crippen LogP contribution >= 0.6 is 0 Å². The lowest BCUT2D eigenvalue weighted by molar-refractivity contribution is -0.144. The summed E-state index contributed by atoms with van der Waals surface area (Å²) in [5.41, 5.74) is 1.28. The molecule has 0 N–H and O–H groups in total. The van der Waals surface area contributed by atoms with Crippen molar-refractivity contribution in [3.05, 3.63) is 23.3 Å². The van der Waals surface area contributed by atoms with Crippen molar-refractivity contribution >= 4 is 5.97 Å². The summed E-state index contributed by atoms with van der Waals surface area (Å²) in [4.78, 5) is 11.3. The first-order chi connectivity index (χ1) is 5.49. The predicted octanol–water partition coefficient (Wildman–Crippen LogP) is 2.21. The van der Waals surface area contributed by atoms with E-state index in [0.717, 1.165) is 5.57 Å². The van der Waals surface area contributed by atoms with Crippen molar-refractivity contribution < 1.29 is 9.53 Å². The zero-order valence-corrected chi connectivity index (χ0v) is 7.97. The maximum Gasteiger partial charge on any atom is 0.339 e. The number of esters is 1. The summed E-state index contributed by atoms with van der Waals surface area (Å²) in [5, 5.41) is 0. The first-order valence-electron chi connectivity index (χ1n) is 4.06. The fourth-order valence-electron chi connectivity index (χ4n) is 1.20. The second-order valence-corrected chi connectivity index (χ2v) is 3.44. The monoisotopic (exact) mass is 166 g/mol. The molecule has 0 aromatic carbocycles. The third kappa shape index (κ3) is 1.29. The first kappa shape index (κ1) is 9.04. The third-order valence-corrected chi connectivity index (χ3v) is 2.21. The Balaban J connectivity index is 3.10. The minimum atomic E-state index is -0.425. The number of hydrogen-bond acceptors (Lipinski definition) is 2. The minimum Gasteiger partial charge on any atom is -0.452 e. The van der Waals surface area contributed by atoms with Crippen LogP contribution in [0.4, 0.5) is 0 Å². The Hall–Kier alpha value is -1.05. The molecule has 1 aliphatic rings. The molecule has 0 aliphatic carbocycles. The molecule has 1 rings (SSSR count). The van der Waals surface area contributed by atoms with E-state index in [9.17, 15) is 4.79 Å². The average Bonchev–Trinajstić information content (AvgIpc) is 2.13. The molecule has 0 bridgehead atoms. The smallest absolute Gasteiger partial charge is 0.339 e. The van der Waals surface area contributed by atoms with Crippen molar-refractivity contribution in [1.82, 2.24) is 0 Å². The van der Waals surface area contributed by atoms with Gasteiger partial charge in [-0.05, 0) is 33.3 Å². The maximum atomic E-state index is 11.3. The molecule has 2 nitrogen and oxygen atoms in total. The molecule has 2 heteroatoms. The van der Waals surface area contributed by atoms with E-state index in [4.69, 9.17) is 4.74 Å². The van der Waals surface area contributed by atoms with Gasteiger partial charge in [0.1, 0.15) is 5.60 Å². The van der Waals surface area contributed by atoms with Crippen LogP contribution in [0.2, 0.25) is 0 Å². The van der Waals surface area contributed by atoms with E-state index in [1.54, 1.807) is 6.08 Å². The first-order valence-corrected chi connectivity index (χ1v) is 4.06. The van der Waals surface area contributed by atoms with Gasteiger partial charge in [-0.3, -0.25) is 0 Å². The summed E-state index contributed by atoms with van der Waals surface area (Å²) in [5.74, 6) is -0.212. The van der Waals surface area contributed by atoms with E-state index in [-0.39, 0.29) is 5.97 Å². The van der Waals surface area contributed by atoms with Gasteiger partial charge in [-0.1, -0.05) is 12.2 Å². The molecule has 0 radical (unpaired) electrons. The van der Waals surface area contributed by atoms with E-state index < -0.39 is 5.60 Å². The Morgan fingerprint density at radius 1 is 1.42 bits per heavy atom. The zero-order chi connectivity index (χ0) is 9.35. The normalized spacial score (nSPS) is 22.2. The van der Waals surface area contributed by atoms with Crippen LogP contribution in [0.5, 0.6) is 0 Å². The summed E-state index contributed by atoms with van der Waals surface area (Å²) < 4.78 is 5.16. The van der Waals surface area contributed by atoms with Gasteiger partial charge in [0.15, 0.2) is 0 Å². The van der Waals surface area contributed by atoms with Gasteiger partial charge >= 0.3 is 5.97 Å². The predicted molar refractivity (Wildman–Crippen MR) is 47.7 cm³/mol. The largest absolute Gasteiger partial charge is 0.452 e. The number of carbonyl (C=O) groups excluding carboxylic acids is 1. The lowest BCUT2D eigenvalue weighted by atomic mass is 9.97. The molecule has 0 fully saturated rings. The number of cyclic esters (lactones) is 1. The van der Waals surface area contributed by atoms with Crippen LogP contribution in [-0.2, 0) is 9.53 Å². The van der Waals surface area contributed by atoms with Gasteiger partial charge in [0.05, 0.1) is 5.57 Å². The highest BCUT2D eigenvalue weighted by Gasteiger charge is 2.35. The van der Waals surface area contributed by atoms with Gasteiger partial charge < -0.3 is 4.74 Å². The standard InChI is InChI=1S/C10H14O2/c1-5-6-8-7(2)10(3,4)12-9(8)11/h5-6H,1-4H3/b6-5-. The van der Waals surface area contributed by atoms with E-state index in [1.807, 2.05) is 33.8 Å². The summed E-state index contributed by atoms with van der Waals surface area (Å²) in [6, 6.07) is 0. The van der Waals surface area contributed by atoms with Crippen LogP contribution in [0.25, 0.3) is 0 Å². The Labute approximate surface area is 72.9 Å². The van der Waals surface area contributed by atoms with Crippen LogP contribution in [0.15, 0.2) is 23.3 Å². The van der Waals surface area contributed by atoms with Gasteiger partial charge in [0.2, 0.25) is 0 Å². The number of rotatable bonds is 1. The van der Waals surface area contributed by atoms with Crippen molar-refractivity contribution in [1.29, 1.82) is 0 Å². The van der Waals surface area contributed by atoms with Crippen molar-refractivity contribution in [3.8, 4) is 0 Å². The summed E-state index contributed by atoms with van der Waals surface area (Å²) in [6.45, 7) is 7.62. The Kier molecular flexibility index (Phi) is 2.09. The van der Waals surface area contributed by atoms with Gasteiger partial charge in [-0.2, -0.15) is 0 Å². The quantitative estimate of drug-likeness (QED) is 0.558. The molecular weight excluding hydrogens is 152 g/mol. The third-order valence-electron chi connectivity index (χ3n) is 2.21. The van der Waals surface area contributed by atoms with E-state index in [0.29, 0.717) is 5.57 Å². The van der Waals surface area contributed by atoms with E-state index in [2.05, 4.69) is 0 Å². The highest BCUT2D eigenvalue weighted by atomic mass is 16.6. The Bertz CT molecular complexity index is 270. The molecule has 12 heavy (non-hydrogen) atoms. The molecular formula is C10H14O2. The highest BCUT2D eigenvalue weighted by Crippen LogP contribution is 2.32. The minimum absolute atomic E-state index is 0.212. The lowest BCUT2D eigenvalue weighted by Gasteiger charge is -2.18. The molecule has 66 valence electrons. The van der Waals surface area contributed by atoms with Crippen molar-refractivity contribution in [2.24, 2.45) is 0 Å². The number of ether oxygens (including phenoxy) is 1. The van der Waals surface area contributed by atoms with Crippen LogP contribution in [-0.4, -0.2) is 11.6 Å². The van der Waals surface area contributed by atoms with Crippen LogP contribution in [0.3, 0.4) is 0 Å². The second kappa shape index (κ2) is 2.77. The number of carbonyl (C=O) groups is 1. The summed E-state index contributed by atoms with van der Waals surface area (Å²) in [6.07, 6.45) is 3.65. The van der Waals surface area contributed by atoms with Gasteiger partial charge in [0, 0.05) is 0 Å².